The zero-order chi connectivity index (χ0) is 12.4. The van der Waals surface area contributed by atoms with Crippen LogP contribution in [0.15, 0.2) is 0 Å². The Morgan fingerprint density at radius 3 is 2.59 bits per heavy atom. The van der Waals surface area contributed by atoms with Crippen LogP contribution >= 0.6 is 0 Å². The fraction of sp³-hybridized carbons (Fsp3) is 0.923. The van der Waals surface area contributed by atoms with E-state index in [-0.39, 0.29) is 17.9 Å². The minimum Gasteiger partial charge on any atom is -0.379 e. The summed E-state index contributed by atoms with van der Waals surface area (Å²) in [7, 11) is 0. The van der Waals surface area contributed by atoms with Gasteiger partial charge in [0.1, 0.15) is 0 Å². The van der Waals surface area contributed by atoms with Crippen molar-refractivity contribution in [3.8, 4) is 0 Å². The summed E-state index contributed by atoms with van der Waals surface area (Å²) in [4.78, 5) is 14.5. The van der Waals surface area contributed by atoms with Crippen LogP contribution in [0.4, 0.5) is 0 Å². The second-order valence-corrected chi connectivity index (χ2v) is 5.75. The van der Waals surface area contributed by atoms with Gasteiger partial charge in [-0.3, -0.25) is 4.79 Å². The van der Waals surface area contributed by atoms with E-state index in [0.717, 1.165) is 25.8 Å². The van der Waals surface area contributed by atoms with Crippen molar-refractivity contribution in [1.82, 2.24) is 4.90 Å². The van der Waals surface area contributed by atoms with Gasteiger partial charge in [0.2, 0.25) is 5.91 Å². The van der Waals surface area contributed by atoms with Gasteiger partial charge in [0.15, 0.2) is 0 Å². The third-order valence-electron chi connectivity index (χ3n) is 3.66. The molecule has 0 bridgehead atoms. The Hall–Kier alpha value is -0.610. The summed E-state index contributed by atoms with van der Waals surface area (Å²) in [5, 5.41) is 0. The lowest BCUT2D eigenvalue weighted by atomic mass is 10.0. The first-order chi connectivity index (χ1) is 8.09. The fourth-order valence-corrected chi connectivity index (χ4v) is 2.29. The molecule has 4 nitrogen and oxygen atoms in total. The largest absolute Gasteiger partial charge is 0.379 e. The Labute approximate surface area is 103 Å². The highest BCUT2D eigenvalue weighted by Crippen LogP contribution is 2.30. The van der Waals surface area contributed by atoms with E-state index >= 15 is 0 Å². The van der Waals surface area contributed by atoms with E-state index in [0.29, 0.717) is 25.2 Å². The first-order valence-electron chi connectivity index (χ1n) is 6.73. The summed E-state index contributed by atoms with van der Waals surface area (Å²) in [5.41, 5.74) is 5.92. The summed E-state index contributed by atoms with van der Waals surface area (Å²) < 4.78 is 5.29. The number of amides is 1. The summed E-state index contributed by atoms with van der Waals surface area (Å²) in [6.07, 6.45) is 3.39. The van der Waals surface area contributed by atoms with Gasteiger partial charge in [0.25, 0.3) is 0 Å². The molecule has 0 aromatic carbocycles. The van der Waals surface area contributed by atoms with Crippen molar-refractivity contribution in [1.29, 1.82) is 0 Å². The maximum Gasteiger partial charge on any atom is 0.229 e. The summed E-state index contributed by atoms with van der Waals surface area (Å²) in [6, 6.07) is 0.372. The average molecular weight is 240 g/mol. The van der Waals surface area contributed by atoms with Gasteiger partial charge in [-0.05, 0) is 25.2 Å². The SMILES string of the molecule is CC(C)CCN(C(=O)C1COCC1N)C1CC1. The molecule has 2 aliphatic rings. The van der Waals surface area contributed by atoms with Crippen molar-refractivity contribution in [3.05, 3.63) is 0 Å². The number of nitrogens with two attached hydrogens (primary N) is 1. The van der Waals surface area contributed by atoms with Crippen molar-refractivity contribution < 1.29 is 9.53 Å². The lowest BCUT2D eigenvalue weighted by molar-refractivity contribution is -0.136. The van der Waals surface area contributed by atoms with Crippen molar-refractivity contribution in [2.75, 3.05) is 19.8 Å². The molecule has 2 N–H and O–H groups in total. The molecule has 1 aliphatic carbocycles. The second kappa shape index (κ2) is 5.36. The fourth-order valence-electron chi connectivity index (χ4n) is 2.29. The molecule has 1 saturated carbocycles. The zero-order valence-electron chi connectivity index (χ0n) is 10.9. The van der Waals surface area contributed by atoms with E-state index in [1.807, 2.05) is 0 Å². The molecular formula is C13H24N2O2. The van der Waals surface area contributed by atoms with Crippen LogP contribution in [0.3, 0.4) is 0 Å². The number of hydrogen-bond donors (Lipinski definition) is 1. The van der Waals surface area contributed by atoms with Gasteiger partial charge >= 0.3 is 0 Å². The molecule has 98 valence electrons. The first kappa shape index (κ1) is 12.8. The van der Waals surface area contributed by atoms with Crippen LogP contribution in [0, 0.1) is 11.8 Å². The molecule has 4 heteroatoms. The highest BCUT2D eigenvalue weighted by molar-refractivity contribution is 5.80. The number of rotatable bonds is 5. The molecule has 2 unspecified atom stereocenters. The lowest BCUT2D eigenvalue weighted by Gasteiger charge is -2.27. The number of hydrogen-bond acceptors (Lipinski definition) is 3. The van der Waals surface area contributed by atoms with Gasteiger partial charge < -0.3 is 15.4 Å². The maximum absolute atomic E-state index is 12.4. The van der Waals surface area contributed by atoms with Gasteiger partial charge in [-0.15, -0.1) is 0 Å². The van der Waals surface area contributed by atoms with E-state index in [4.69, 9.17) is 10.5 Å². The number of carbonyl (C=O) groups is 1. The van der Waals surface area contributed by atoms with Gasteiger partial charge in [-0.1, -0.05) is 13.8 Å². The molecule has 2 rings (SSSR count). The molecule has 1 heterocycles. The Morgan fingerprint density at radius 1 is 1.41 bits per heavy atom. The monoisotopic (exact) mass is 240 g/mol. The number of nitrogens with zero attached hydrogens (tertiary/aromatic N) is 1. The normalized spacial score (nSPS) is 28.7. The topological polar surface area (TPSA) is 55.6 Å². The number of ether oxygens (including phenoxy) is 1. The van der Waals surface area contributed by atoms with Crippen molar-refractivity contribution >= 4 is 5.91 Å². The van der Waals surface area contributed by atoms with Crippen LogP contribution in [0.5, 0.6) is 0 Å². The van der Waals surface area contributed by atoms with Crippen LogP contribution in [0.2, 0.25) is 0 Å². The second-order valence-electron chi connectivity index (χ2n) is 5.75. The molecular weight excluding hydrogens is 216 g/mol. The van der Waals surface area contributed by atoms with Gasteiger partial charge in [-0.2, -0.15) is 0 Å². The molecule has 1 saturated heterocycles. The van der Waals surface area contributed by atoms with Crippen LogP contribution in [-0.4, -0.2) is 42.6 Å². The minimum atomic E-state index is -0.109. The third-order valence-corrected chi connectivity index (χ3v) is 3.66. The molecule has 0 spiro atoms. The quantitative estimate of drug-likeness (QED) is 0.780. The molecule has 0 radical (unpaired) electrons. The molecule has 1 aliphatic heterocycles. The lowest BCUT2D eigenvalue weighted by Crippen LogP contribution is -2.45. The van der Waals surface area contributed by atoms with Crippen LogP contribution in [-0.2, 0) is 9.53 Å². The Morgan fingerprint density at radius 2 is 2.12 bits per heavy atom. The summed E-state index contributed by atoms with van der Waals surface area (Å²) >= 11 is 0. The van der Waals surface area contributed by atoms with E-state index in [9.17, 15) is 4.79 Å². The Kier molecular flexibility index (Phi) is 4.05. The molecule has 2 atom stereocenters. The molecule has 0 aromatic heterocycles. The Bertz CT molecular complexity index is 277. The van der Waals surface area contributed by atoms with Gasteiger partial charge in [-0.25, -0.2) is 0 Å². The molecule has 17 heavy (non-hydrogen) atoms. The highest BCUT2D eigenvalue weighted by atomic mass is 16.5. The van der Waals surface area contributed by atoms with Crippen molar-refractivity contribution in [2.45, 2.75) is 45.2 Å². The third kappa shape index (κ3) is 3.19. The summed E-state index contributed by atoms with van der Waals surface area (Å²) in [6.45, 7) is 6.30. The standard InChI is InChI=1S/C13H24N2O2/c1-9(2)5-6-15(10-3-4-10)13(16)11-7-17-8-12(11)14/h9-12H,3-8,14H2,1-2H3. The van der Waals surface area contributed by atoms with Crippen LogP contribution in [0.1, 0.15) is 33.1 Å². The molecule has 2 fully saturated rings. The van der Waals surface area contributed by atoms with Gasteiger partial charge in [0, 0.05) is 18.6 Å². The van der Waals surface area contributed by atoms with E-state index in [1.54, 1.807) is 0 Å². The number of carbonyl (C=O) groups excluding carboxylic acids is 1. The predicted octanol–water partition coefficient (Wildman–Crippen LogP) is 0.997. The highest BCUT2D eigenvalue weighted by Gasteiger charge is 2.39. The summed E-state index contributed by atoms with van der Waals surface area (Å²) in [5.74, 6) is 0.749. The van der Waals surface area contributed by atoms with Crippen LogP contribution in [0.25, 0.3) is 0 Å². The van der Waals surface area contributed by atoms with Crippen molar-refractivity contribution in [3.63, 3.8) is 0 Å². The Balaban J connectivity index is 1.92. The smallest absolute Gasteiger partial charge is 0.229 e. The maximum atomic E-state index is 12.4. The van der Waals surface area contributed by atoms with E-state index < -0.39 is 0 Å². The molecule has 0 aromatic rings. The van der Waals surface area contributed by atoms with Crippen LogP contribution < -0.4 is 5.73 Å². The van der Waals surface area contributed by atoms with Gasteiger partial charge in [0.05, 0.1) is 19.1 Å². The molecule has 1 amide bonds. The van der Waals surface area contributed by atoms with E-state index in [2.05, 4.69) is 18.7 Å². The minimum absolute atomic E-state index is 0.109. The predicted molar refractivity (Wildman–Crippen MR) is 66.5 cm³/mol. The van der Waals surface area contributed by atoms with Crippen molar-refractivity contribution in [2.24, 2.45) is 17.6 Å². The first-order valence-corrected chi connectivity index (χ1v) is 6.73. The van der Waals surface area contributed by atoms with E-state index in [1.165, 1.54) is 0 Å². The average Bonchev–Trinajstić information content (AvgIpc) is 3.00. The zero-order valence-corrected chi connectivity index (χ0v) is 10.9.